The Balaban J connectivity index is 2.55. The average molecular weight is 154 g/mol. The summed E-state index contributed by atoms with van der Waals surface area (Å²) in [6, 6.07) is 0.558. The standard InChI is InChI=1S/C9H18N2/c1-10-8-6-4-3-5-7-9(8)11-2/h8,10H,3-7H2,1-2H3. The second kappa shape index (κ2) is 4.50. The summed E-state index contributed by atoms with van der Waals surface area (Å²) in [5.41, 5.74) is 1.37. The van der Waals surface area contributed by atoms with E-state index in [2.05, 4.69) is 10.3 Å². The van der Waals surface area contributed by atoms with Crippen LogP contribution in [-0.4, -0.2) is 25.8 Å². The molecule has 0 amide bonds. The first-order valence-electron chi connectivity index (χ1n) is 4.51. The highest BCUT2D eigenvalue weighted by molar-refractivity contribution is 5.89. The summed E-state index contributed by atoms with van der Waals surface area (Å²) < 4.78 is 0. The normalized spacial score (nSPS) is 30.4. The molecule has 64 valence electrons. The van der Waals surface area contributed by atoms with Gasteiger partial charge < -0.3 is 5.32 Å². The molecule has 0 aliphatic heterocycles. The lowest BCUT2D eigenvalue weighted by molar-refractivity contribution is 0.607. The van der Waals surface area contributed by atoms with Gasteiger partial charge in [-0.15, -0.1) is 0 Å². The van der Waals surface area contributed by atoms with Gasteiger partial charge in [-0.1, -0.05) is 12.8 Å². The zero-order chi connectivity index (χ0) is 8.10. The van der Waals surface area contributed by atoms with Crippen LogP contribution in [0.3, 0.4) is 0 Å². The molecule has 0 heterocycles. The van der Waals surface area contributed by atoms with Gasteiger partial charge in [0.2, 0.25) is 0 Å². The van der Waals surface area contributed by atoms with Gasteiger partial charge in [0, 0.05) is 18.8 Å². The van der Waals surface area contributed by atoms with Crippen molar-refractivity contribution in [3.63, 3.8) is 0 Å². The predicted octanol–water partition coefficient (Wildman–Crippen LogP) is 1.61. The molecule has 0 aromatic rings. The summed E-state index contributed by atoms with van der Waals surface area (Å²) in [5.74, 6) is 0. The van der Waals surface area contributed by atoms with E-state index in [4.69, 9.17) is 0 Å². The highest BCUT2D eigenvalue weighted by Crippen LogP contribution is 2.15. The van der Waals surface area contributed by atoms with Crippen molar-refractivity contribution in [2.24, 2.45) is 4.99 Å². The van der Waals surface area contributed by atoms with Crippen molar-refractivity contribution < 1.29 is 0 Å². The third kappa shape index (κ3) is 2.29. The molecule has 11 heavy (non-hydrogen) atoms. The summed E-state index contributed by atoms with van der Waals surface area (Å²) >= 11 is 0. The van der Waals surface area contributed by atoms with Gasteiger partial charge >= 0.3 is 0 Å². The third-order valence-corrected chi connectivity index (χ3v) is 2.46. The Morgan fingerprint density at radius 1 is 1.36 bits per heavy atom. The average Bonchev–Trinajstić information content (AvgIpc) is 2.27. The smallest absolute Gasteiger partial charge is 0.0448 e. The number of hydrogen-bond donors (Lipinski definition) is 1. The van der Waals surface area contributed by atoms with Gasteiger partial charge in [-0.2, -0.15) is 0 Å². The topological polar surface area (TPSA) is 24.4 Å². The Kier molecular flexibility index (Phi) is 3.57. The highest BCUT2D eigenvalue weighted by Gasteiger charge is 2.15. The molecule has 0 saturated heterocycles. The molecule has 1 N–H and O–H groups in total. The largest absolute Gasteiger partial charge is 0.312 e. The molecular formula is C9H18N2. The minimum absolute atomic E-state index is 0.558. The van der Waals surface area contributed by atoms with Gasteiger partial charge in [0.25, 0.3) is 0 Å². The molecule has 2 heteroatoms. The Morgan fingerprint density at radius 3 is 2.82 bits per heavy atom. The fourth-order valence-electron chi connectivity index (χ4n) is 1.75. The van der Waals surface area contributed by atoms with E-state index in [1.807, 2.05) is 14.1 Å². The molecule has 1 atom stereocenters. The van der Waals surface area contributed by atoms with E-state index < -0.39 is 0 Å². The third-order valence-electron chi connectivity index (χ3n) is 2.46. The molecule has 0 aromatic carbocycles. The van der Waals surface area contributed by atoms with Crippen LogP contribution in [0.2, 0.25) is 0 Å². The van der Waals surface area contributed by atoms with Crippen LogP contribution < -0.4 is 5.32 Å². The summed E-state index contributed by atoms with van der Waals surface area (Å²) in [6.07, 6.45) is 6.51. The van der Waals surface area contributed by atoms with E-state index in [-0.39, 0.29) is 0 Å². The van der Waals surface area contributed by atoms with E-state index >= 15 is 0 Å². The minimum atomic E-state index is 0.558. The molecule has 1 aliphatic carbocycles. The zero-order valence-corrected chi connectivity index (χ0v) is 7.56. The number of aliphatic imine (C=N–C) groups is 1. The van der Waals surface area contributed by atoms with Gasteiger partial charge in [-0.25, -0.2) is 0 Å². The SMILES string of the molecule is CN=C1CCCCCC1NC. The van der Waals surface area contributed by atoms with E-state index in [9.17, 15) is 0 Å². The van der Waals surface area contributed by atoms with Crippen LogP contribution in [0.25, 0.3) is 0 Å². The molecule has 0 radical (unpaired) electrons. The maximum Gasteiger partial charge on any atom is 0.0448 e. The van der Waals surface area contributed by atoms with Gasteiger partial charge in [0.15, 0.2) is 0 Å². The second-order valence-electron chi connectivity index (χ2n) is 3.16. The predicted molar refractivity (Wildman–Crippen MR) is 49.3 cm³/mol. The van der Waals surface area contributed by atoms with E-state index in [1.54, 1.807) is 0 Å². The summed E-state index contributed by atoms with van der Waals surface area (Å²) in [7, 11) is 3.94. The van der Waals surface area contributed by atoms with Crippen LogP contribution in [0.5, 0.6) is 0 Å². The van der Waals surface area contributed by atoms with Crippen molar-refractivity contribution >= 4 is 5.71 Å². The molecule has 2 nitrogen and oxygen atoms in total. The number of hydrogen-bond acceptors (Lipinski definition) is 2. The molecule has 1 saturated carbocycles. The Morgan fingerprint density at radius 2 is 2.18 bits per heavy atom. The lowest BCUT2D eigenvalue weighted by Crippen LogP contribution is -2.32. The summed E-state index contributed by atoms with van der Waals surface area (Å²) in [6.45, 7) is 0. The molecule has 1 unspecified atom stereocenters. The van der Waals surface area contributed by atoms with E-state index in [0.717, 1.165) is 0 Å². The molecule has 0 spiro atoms. The molecule has 0 aromatic heterocycles. The molecule has 1 aliphatic rings. The zero-order valence-electron chi connectivity index (χ0n) is 7.56. The highest BCUT2D eigenvalue weighted by atomic mass is 14.9. The first kappa shape index (κ1) is 8.72. The maximum absolute atomic E-state index is 4.31. The molecule has 1 fully saturated rings. The number of rotatable bonds is 1. The first-order valence-corrected chi connectivity index (χ1v) is 4.51. The summed E-state index contributed by atoms with van der Waals surface area (Å²) in [4.78, 5) is 4.31. The molecular weight excluding hydrogens is 136 g/mol. The van der Waals surface area contributed by atoms with Crippen LogP contribution in [0.15, 0.2) is 4.99 Å². The van der Waals surface area contributed by atoms with Crippen molar-refractivity contribution in [2.45, 2.75) is 38.1 Å². The van der Waals surface area contributed by atoms with Gasteiger partial charge in [0.05, 0.1) is 0 Å². The lowest BCUT2D eigenvalue weighted by atomic mass is 10.1. The van der Waals surface area contributed by atoms with Crippen molar-refractivity contribution in [1.82, 2.24) is 5.32 Å². The summed E-state index contributed by atoms with van der Waals surface area (Å²) in [5, 5.41) is 3.31. The fraction of sp³-hybridized carbons (Fsp3) is 0.889. The van der Waals surface area contributed by atoms with Crippen LogP contribution in [0, 0.1) is 0 Å². The Bertz CT molecular complexity index is 140. The Labute approximate surface area is 69.1 Å². The monoisotopic (exact) mass is 154 g/mol. The number of nitrogens with one attached hydrogen (secondary N) is 1. The quantitative estimate of drug-likeness (QED) is 0.570. The van der Waals surface area contributed by atoms with E-state index in [1.165, 1.54) is 37.8 Å². The van der Waals surface area contributed by atoms with Gasteiger partial charge in [-0.05, 0) is 26.3 Å². The first-order chi connectivity index (χ1) is 5.38. The van der Waals surface area contributed by atoms with Crippen LogP contribution in [-0.2, 0) is 0 Å². The second-order valence-corrected chi connectivity index (χ2v) is 3.16. The number of nitrogens with zero attached hydrogens (tertiary/aromatic N) is 1. The van der Waals surface area contributed by atoms with Crippen molar-refractivity contribution in [3.8, 4) is 0 Å². The van der Waals surface area contributed by atoms with Crippen LogP contribution in [0.4, 0.5) is 0 Å². The van der Waals surface area contributed by atoms with Crippen molar-refractivity contribution in [1.29, 1.82) is 0 Å². The van der Waals surface area contributed by atoms with E-state index in [0.29, 0.717) is 6.04 Å². The maximum atomic E-state index is 4.31. The lowest BCUT2D eigenvalue weighted by Gasteiger charge is -2.14. The fourth-order valence-corrected chi connectivity index (χ4v) is 1.75. The minimum Gasteiger partial charge on any atom is -0.312 e. The van der Waals surface area contributed by atoms with Crippen LogP contribution >= 0.6 is 0 Å². The van der Waals surface area contributed by atoms with Crippen molar-refractivity contribution in [2.75, 3.05) is 14.1 Å². The van der Waals surface area contributed by atoms with Gasteiger partial charge in [-0.3, -0.25) is 4.99 Å². The molecule has 0 bridgehead atoms. The van der Waals surface area contributed by atoms with Gasteiger partial charge in [0.1, 0.15) is 0 Å². The van der Waals surface area contributed by atoms with Crippen molar-refractivity contribution in [3.05, 3.63) is 0 Å². The molecule has 1 rings (SSSR count). The van der Waals surface area contributed by atoms with Crippen LogP contribution in [0.1, 0.15) is 32.1 Å². The Hall–Kier alpha value is -0.370.